The molecule has 0 unspecified atom stereocenters. The first-order valence-corrected chi connectivity index (χ1v) is 5.95. The van der Waals surface area contributed by atoms with Gasteiger partial charge in [-0.3, -0.25) is 4.79 Å². The van der Waals surface area contributed by atoms with Crippen molar-refractivity contribution in [2.75, 3.05) is 0 Å². The van der Waals surface area contributed by atoms with Gasteiger partial charge >= 0.3 is 12.1 Å². The predicted molar refractivity (Wildman–Crippen MR) is 68.2 cm³/mol. The van der Waals surface area contributed by atoms with Crippen molar-refractivity contribution in [2.24, 2.45) is 0 Å². The summed E-state index contributed by atoms with van der Waals surface area (Å²) in [5, 5.41) is 8.62. The molecule has 0 radical (unpaired) electrons. The van der Waals surface area contributed by atoms with E-state index in [0.717, 1.165) is 18.2 Å². The summed E-state index contributed by atoms with van der Waals surface area (Å²) in [4.78, 5) is 10.5. The largest absolute Gasteiger partial charge is 0.481 e. The van der Waals surface area contributed by atoms with Crippen LogP contribution in [-0.2, 0) is 17.4 Å². The maximum Gasteiger partial charge on any atom is 0.416 e. The van der Waals surface area contributed by atoms with E-state index >= 15 is 0 Å². The second-order valence-electron chi connectivity index (χ2n) is 4.46. The van der Waals surface area contributed by atoms with Crippen molar-refractivity contribution in [1.29, 1.82) is 0 Å². The number of hydrogen-bond donors (Lipinski definition) is 1. The molecular formula is C15H10F4O2. The molecule has 0 bridgehead atoms. The van der Waals surface area contributed by atoms with Crippen LogP contribution in [0.2, 0.25) is 0 Å². The summed E-state index contributed by atoms with van der Waals surface area (Å²) in [5.41, 5.74) is -0.538. The van der Waals surface area contributed by atoms with E-state index in [1.54, 1.807) is 0 Å². The molecule has 0 aliphatic rings. The fraction of sp³-hybridized carbons (Fsp3) is 0.133. The molecule has 0 amide bonds. The highest BCUT2D eigenvalue weighted by molar-refractivity contribution is 5.71. The van der Waals surface area contributed by atoms with Crippen LogP contribution in [0.1, 0.15) is 11.1 Å². The van der Waals surface area contributed by atoms with Crippen LogP contribution < -0.4 is 0 Å². The Morgan fingerprint density at radius 2 is 1.81 bits per heavy atom. The molecule has 21 heavy (non-hydrogen) atoms. The average molecular weight is 298 g/mol. The third kappa shape index (κ3) is 3.59. The van der Waals surface area contributed by atoms with Crippen LogP contribution in [0.25, 0.3) is 11.1 Å². The zero-order valence-corrected chi connectivity index (χ0v) is 10.6. The SMILES string of the molecule is O=C(O)Cc1ccc(-c2cccc(C(F)(F)F)c2)c(F)c1. The zero-order chi connectivity index (χ0) is 15.6. The molecule has 0 aliphatic heterocycles. The van der Waals surface area contributed by atoms with Gasteiger partial charge in [0.05, 0.1) is 12.0 Å². The summed E-state index contributed by atoms with van der Waals surface area (Å²) in [7, 11) is 0. The van der Waals surface area contributed by atoms with E-state index < -0.39 is 23.5 Å². The first-order chi connectivity index (χ1) is 9.77. The van der Waals surface area contributed by atoms with Gasteiger partial charge in [-0.15, -0.1) is 0 Å². The van der Waals surface area contributed by atoms with E-state index in [1.807, 2.05) is 0 Å². The summed E-state index contributed by atoms with van der Waals surface area (Å²) in [6, 6.07) is 8.00. The third-order valence-corrected chi connectivity index (χ3v) is 2.89. The molecule has 0 saturated heterocycles. The Morgan fingerprint density at radius 3 is 2.38 bits per heavy atom. The van der Waals surface area contributed by atoms with E-state index in [1.165, 1.54) is 24.3 Å². The molecule has 2 aromatic rings. The van der Waals surface area contributed by atoms with Crippen molar-refractivity contribution in [1.82, 2.24) is 0 Å². The quantitative estimate of drug-likeness (QED) is 0.865. The highest BCUT2D eigenvalue weighted by Crippen LogP contribution is 2.33. The minimum Gasteiger partial charge on any atom is -0.481 e. The number of carboxylic acid groups (broad SMARTS) is 1. The molecule has 2 rings (SSSR count). The molecule has 0 aliphatic carbocycles. The number of alkyl halides is 3. The molecule has 1 N–H and O–H groups in total. The lowest BCUT2D eigenvalue weighted by Gasteiger charge is -2.10. The number of carboxylic acids is 1. The molecule has 2 aromatic carbocycles. The molecule has 0 fully saturated rings. The monoisotopic (exact) mass is 298 g/mol. The summed E-state index contributed by atoms with van der Waals surface area (Å²) < 4.78 is 51.8. The van der Waals surface area contributed by atoms with Crippen molar-refractivity contribution in [3.63, 3.8) is 0 Å². The van der Waals surface area contributed by atoms with Crippen LogP contribution in [0.4, 0.5) is 17.6 Å². The number of carbonyl (C=O) groups is 1. The van der Waals surface area contributed by atoms with Gasteiger partial charge in [0.1, 0.15) is 5.82 Å². The molecule has 110 valence electrons. The van der Waals surface area contributed by atoms with Crippen molar-refractivity contribution >= 4 is 5.97 Å². The van der Waals surface area contributed by atoms with Crippen molar-refractivity contribution in [2.45, 2.75) is 12.6 Å². The Morgan fingerprint density at radius 1 is 1.10 bits per heavy atom. The normalized spacial score (nSPS) is 11.4. The fourth-order valence-electron chi connectivity index (χ4n) is 1.94. The summed E-state index contributed by atoms with van der Waals surface area (Å²) in [6.45, 7) is 0. The first-order valence-electron chi connectivity index (χ1n) is 5.95. The minimum absolute atomic E-state index is 0.00441. The number of benzene rings is 2. The van der Waals surface area contributed by atoms with Gasteiger partial charge in [0.2, 0.25) is 0 Å². The second-order valence-corrected chi connectivity index (χ2v) is 4.46. The summed E-state index contributed by atoms with van der Waals surface area (Å²) >= 11 is 0. The highest BCUT2D eigenvalue weighted by Gasteiger charge is 2.30. The number of halogens is 4. The van der Waals surface area contributed by atoms with Crippen LogP contribution in [0.5, 0.6) is 0 Å². The van der Waals surface area contributed by atoms with Gasteiger partial charge in [-0.2, -0.15) is 13.2 Å². The van der Waals surface area contributed by atoms with Gasteiger partial charge in [0.25, 0.3) is 0 Å². The Kier molecular flexibility index (Phi) is 3.97. The van der Waals surface area contributed by atoms with Gasteiger partial charge < -0.3 is 5.11 Å². The molecule has 6 heteroatoms. The summed E-state index contributed by atoms with van der Waals surface area (Å²) in [5.74, 6) is -1.87. The van der Waals surface area contributed by atoms with Gasteiger partial charge in [0.15, 0.2) is 0 Å². The standard InChI is InChI=1S/C15H10F4O2/c16-13-6-9(7-14(20)21)4-5-12(13)10-2-1-3-11(8-10)15(17,18)19/h1-6,8H,7H2,(H,20,21). The molecular weight excluding hydrogens is 288 g/mol. The maximum atomic E-state index is 13.9. The van der Waals surface area contributed by atoms with E-state index in [0.29, 0.717) is 0 Å². The Balaban J connectivity index is 2.41. The first kappa shape index (κ1) is 15.0. The van der Waals surface area contributed by atoms with Crippen LogP contribution >= 0.6 is 0 Å². The van der Waals surface area contributed by atoms with Gasteiger partial charge in [-0.1, -0.05) is 24.3 Å². The van der Waals surface area contributed by atoms with Gasteiger partial charge in [-0.25, -0.2) is 4.39 Å². The van der Waals surface area contributed by atoms with E-state index in [9.17, 15) is 22.4 Å². The molecule has 0 aromatic heterocycles. The van der Waals surface area contributed by atoms with E-state index in [-0.39, 0.29) is 23.1 Å². The summed E-state index contributed by atoms with van der Waals surface area (Å²) in [6.07, 6.45) is -4.85. The van der Waals surface area contributed by atoms with Crippen LogP contribution in [-0.4, -0.2) is 11.1 Å². The Bertz CT molecular complexity index is 678. The second kappa shape index (κ2) is 5.55. The topological polar surface area (TPSA) is 37.3 Å². The van der Waals surface area contributed by atoms with E-state index in [2.05, 4.69) is 0 Å². The third-order valence-electron chi connectivity index (χ3n) is 2.89. The lowest BCUT2D eigenvalue weighted by molar-refractivity contribution is -0.138. The highest BCUT2D eigenvalue weighted by atomic mass is 19.4. The number of aliphatic carboxylic acids is 1. The fourth-order valence-corrected chi connectivity index (χ4v) is 1.94. The van der Waals surface area contributed by atoms with Crippen LogP contribution in [0.3, 0.4) is 0 Å². The predicted octanol–water partition coefficient (Wildman–Crippen LogP) is 4.14. The molecule has 0 heterocycles. The van der Waals surface area contributed by atoms with Crippen molar-refractivity contribution in [3.05, 3.63) is 59.4 Å². The Labute approximate surface area is 117 Å². The molecule has 2 nitrogen and oxygen atoms in total. The number of rotatable bonds is 3. The van der Waals surface area contributed by atoms with Crippen LogP contribution in [0, 0.1) is 5.82 Å². The molecule has 0 spiro atoms. The zero-order valence-electron chi connectivity index (χ0n) is 10.6. The minimum atomic E-state index is -4.50. The average Bonchev–Trinajstić information content (AvgIpc) is 2.37. The lowest BCUT2D eigenvalue weighted by Crippen LogP contribution is -2.04. The lowest BCUT2D eigenvalue weighted by atomic mass is 10.00. The van der Waals surface area contributed by atoms with Crippen molar-refractivity contribution < 1.29 is 27.5 Å². The molecule has 0 saturated carbocycles. The van der Waals surface area contributed by atoms with Gasteiger partial charge in [-0.05, 0) is 29.3 Å². The number of hydrogen-bond acceptors (Lipinski definition) is 1. The molecule has 0 atom stereocenters. The van der Waals surface area contributed by atoms with Crippen LogP contribution in [0.15, 0.2) is 42.5 Å². The maximum absolute atomic E-state index is 13.9. The van der Waals surface area contributed by atoms with Crippen molar-refractivity contribution in [3.8, 4) is 11.1 Å². The van der Waals surface area contributed by atoms with Gasteiger partial charge in [0, 0.05) is 5.56 Å². The van der Waals surface area contributed by atoms with E-state index in [4.69, 9.17) is 5.11 Å². The Hall–Kier alpha value is -2.37. The smallest absolute Gasteiger partial charge is 0.416 e.